The number of rotatable bonds is 1. The Kier molecular flexibility index (Phi) is 3.62. The molecule has 105 valence electrons. The van der Waals surface area contributed by atoms with Gasteiger partial charge in [-0.25, -0.2) is 0 Å². The fourth-order valence-corrected chi connectivity index (χ4v) is 2.50. The van der Waals surface area contributed by atoms with Gasteiger partial charge in [-0.3, -0.25) is 0 Å². The molecule has 2 aromatic carbocycles. The predicted molar refractivity (Wildman–Crippen MR) is 80.5 cm³/mol. The van der Waals surface area contributed by atoms with Crippen molar-refractivity contribution in [3.05, 3.63) is 66.4 Å². The molecule has 3 heteroatoms. The van der Waals surface area contributed by atoms with Gasteiger partial charge in [-0.1, -0.05) is 35.2 Å². The minimum Gasteiger partial charge on any atom is -0.500 e. The molecule has 0 atom stereocenters. The van der Waals surface area contributed by atoms with Crippen molar-refractivity contribution in [2.75, 3.05) is 0 Å². The number of nitrogens with zero attached hydrogens (tertiary/aromatic N) is 1. The summed E-state index contributed by atoms with van der Waals surface area (Å²) in [4.78, 5) is 4.42. The second kappa shape index (κ2) is 5.44. The summed E-state index contributed by atoms with van der Waals surface area (Å²) in [6.45, 7) is 2.07. The van der Waals surface area contributed by atoms with Gasteiger partial charge in [-0.15, -0.1) is 23.8 Å². The number of aryl methyl sites for hydroxylation is 1. The molecular formula is C18H12IrNO-. The Hall–Kier alpha value is -1.96. The third-order valence-corrected chi connectivity index (χ3v) is 3.50. The molecule has 0 aliphatic heterocycles. The SMILES string of the molecule is Cc1ccnc(-c2[c-]cc3oc4ccccc4c3c2)c1.[Ir]. The predicted octanol–water partition coefficient (Wildman–Crippen LogP) is 4.75. The van der Waals surface area contributed by atoms with E-state index in [0.717, 1.165) is 33.2 Å². The van der Waals surface area contributed by atoms with Crippen LogP contribution in [0.3, 0.4) is 0 Å². The number of para-hydroxylation sites is 1. The number of fused-ring (bicyclic) bond motifs is 3. The van der Waals surface area contributed by atoms with E-state index in [0.29, 0.717) is 0 Å². The molecule has 2 nitrogen and oxygen atoms in total. The van der Waals surface area contributed by atoms with Crippen molar-refractivity contribution in [1.29, 1.82) is 0 Å². The molecule has 0 saturated carbocycles. The summed E-state index contributed by atoms with van der Waals surface area (Å²) in [6.07, 6.45) is 1.83. The molecule has 0 aliphatic carbocycles. The second-order valence-electron chi connectivity index (χ2n) is 4.94. The standard InChI is InChI=1S/C18H12NO.Ir/c1-12-8-9-19-16(10-12)13-6-7-18-15(11-13)14-4-2-3-5-17(14)20-18;/h2-5,7-11H,1H3;/q-1;. The molecule has 4 aromatic rings. The molecule has 0 saturated heterocycles. The van der Waals surface area contributed by atoms with E-state index < -0.39 is 0 Å². The fraction of sp³-hybridized carbons (Fsp3) is 0.0556. The molecule has 0 amide bonds. The molecule has 0 aliphatic rings. The van der Waals surface area contributed by atoms with Crippen molar-refractivity contribution < 1.29 is 24.5 Å². The normalized spacial score (nSPS) is 10.7. The third kappa shape index (κ3) is 2.39. The Bertz CT molecular complexity index is 927. The van der Waals surface area contributed by atoms with Crippen LogP contribution in [-0.2, 0) is 20.1 Å². The molecule has 2 aromatic heterocycles. The monoisotopic (exact) mass is 451 g/mol. The Balaban J connectivity index is 0.00000132. The number of benzene rings is 2. The summed E-state index contributed by atoms with van der Waals surface area (Å²) >= 11 is 0. The maximum atomic E-state index is 5.82. The number of pyridine rings is 1. The Morgan fingerprint density at radius 1 is 1.00 bits per heavy atom. The van der Waals surface area contributed by atoms with Crippen LogP contribution >= 0.6 is 0 Å². The van der Waals surface area contributed by atoms with E-state index in [9.17, 15) is 0 Å². The first-order chi connectivity index (χ1) is 9.81. The summed E-state index contributed by atoms with van der Waals surface area (Å²) in [5, 5.41) is 2.24. The Morgan fingerprint density at radius 2 is 1.86 bits per heavy atom. The van der Waals surface area contributed by atoms with Gasteiger partial charge in [-0.2, -0.15) is 0 Å². The first-order valence-electron chi connectivity index (χ1n) is 6.57. The van der Waals surface area contributed by atoms with E-state index >= 15 is 0 Å². The summed E-state index contributed by atoms with van der Waals surface area (Å²) in [5.74, 6) is 0. The van der Waals surface area contributed by atoms with E-state index in [1.807, 2.05) is 36.5 Å². The molecule has 0 fully saturated rings. The average Bonchev–Trinajstić information content (AvgIpc) is 2.85. The Morgan fingerprint density at radius 3 is 2.71 bits per heavy atom. The van der Waals surface area contributed by atoms with Gasteiger partial charge in [0.2, 0.25) is 0 Å². The smallest absolute Gasteiger partial charge is 0.120 e. The minimum atomic E-state index is 0. The van der Waals surface area contributed by atoms with E-state index in [4.69, 9.17) is 4.42 Å². The number of furan rings is 1. The van der Waals surface area contributed by atoms with Crippen molar-refractivity contribution in [2.45, 2.75) is 6.92 Å². The van der Waals surface area contributed by atoms with Crippen LogP contribution in [-0.4, -0.2) is 4.98 Å². The molecule has 0 spiro atoms. The van der Waals surface area contributed by atoms with Crippen LogP contribution in [0.2, 0.25) is 0 Å². The van der Waals surface area contributed by atoms with Gasteiger partial charge in [0.15, 0.2) is 0 Å². The maximum Gasteiger partial charge on any atom is 0.120 e. The van der Waals surface area contributed by atoms with Gasteiger partial charge in [0.05, 0.1) is 5.58 Å². The Labute approximate surface area is 136 Å². The van der Waals surface area contributed by atoms with Gasteiger partial charge in [0.25, 0.3) is 0 Å². The van der Waals surface area contributed by atoms with Crippen molar-refractivity contribution in [3.63, 3.8) is 0 Å². The zero-order valence-corrected chi connectivity index (χ0v) is 13.8. The number of aromatic nitrogens is 1. The fourth-order valence-electron chi connectivity index (χ4n) is 2.50. The third-order valence-electron chi connectivity index (χ3n) is 3.50. The van der Waals surface area contributed by atoms with E-state index in [1.54, 1.807) is 0 Å². The van der Waals surface area contributed by atoms with Crippen LogP contribution in [0.15, 0.2) is 59.1 Å². The van der Waals surface area contributed by atoms with Crippen LogP contribution < -0.4 is 0 Å². The zero-order chi connectivity index (χ0) is 13.5. The molecular weight excluding hydrogens is 438 g/mol. The molecule has 1 radical (unpaired) electrons. The van der Waals surface area contributed by atoms with Crippen molar-refractivity contribution in [2.24, 2.45) is 0 Å². The largest absolute Gasteiger partial charge is 0.500 e. The summed E-state index contributed by atoms with van der Waals surface area (Å²) in [5.41, 5.74) is 4.90. The van der Waals surface area contributed by atoms with Crippen LogP contribution in [0.4, 0.5) is 0 Å². The van der Waals surface area contributed by atoms with Gasteiger partial charge >= 0.3 is 0 Å². The van der Waals surface area contributed by atoms with Crippen LogP contribution in [0.25, 0.3) is 33.2 Å². The van der Waals surface area contributed by atoms with Crippen LogP contribution in [0.5, 0.6) is 0 Å². The zero-order valence-electron chi connectivity index (χ0n) is 11.4. The summed E-state index contributed by atoms with van der Waals surface area (Å²) in [7, 11) is 0. The second-order valence-corrected chi connectivity index (χ2v) is 4.94. The van der Waals surface area contributed by atoms with Crippen LogP contribution in [0, 0.1) is 13.0 Å². The topological polar surface area (TPSA) is 26.0 Å². The van der Waals surface area contributed by atoms with E-state index in [-0.39, 0.29) is 20.1 Å². The molecule has 0 N–H and O–H groups in total. The summed E-state index contributed by atoms with van der Waals surface area (Å²) < 4.78 is 5.82. The molecule has 0 unspecified atom stereocenters. The van der Waals surface area contributed by atoms with E-state index in [1.165, 1.54) is 5.56 Å². The average molecular weight is 451 g/mol. The minimum absolute atomic E-state index is 0. The number of hydrogen-bond donors (Lipinski definition) is 0. The maximum absolute atomic E-state index is 5.82. The van der Waals surface area contributed by atoms with Gasteiger partial charge < -0.3 is 9.40 Å². The van der Waals surface area contributed by atoms with Crippen molar-refractivity contribution >= 4 is 21.9 Å². The molecule has 21 heavy (non-hydrogen) atoms. The molecule has 2 heterocycles. The molecule has 4 rings (SSSR count). The van der Waals surface area contributed by atoms with Gasteiger partial charge in [0.1, 0.15) is 5.58 Å². The first kappa shape index (κ1) is 14.0. The van der Waals surface area contributed by atoms with Gasteiger partial charge in [0, 0.05) is 31.7 Å². The first-order valence-corrected chi connectivity index (χ1v) is 6.57. The molecule has 0 bridgehead atoms. The van der Waals surface area contributed by atoms with Crippen molar-refractivity contribution in [3.8, 4) is 11.3 Å². The summed E-state index contributed by atoms with van der Waals surface area (Å²) in [6, 6.07) is 19.4. The quantitative estimate of drug-likeness (QED) is 0.391. The van der Waals surface area contributed by atoms with Crippen molar-refractivity contribution in [1.82, 2.24) is 4.98 Å². The van der Waals surface area contributed by atoms with E-state index in [2.05, 4.69) is 36.2 Å². The van der Waals surface area contributed by atoms with Crippen LogP contribution in [0.1, 0.15) is 5.56 Å². The van der Waals surface area contributed by atoms with Gasteiger partial charge in [-0.05, 0) is 24.8 Å². The number of hydrogen-bond acceptors (Lipinski definition) is 2.